The fourth-order valence-electron chi connectivity index (χ4n) is 3.23. The lowest BCUT2D eigenvalue weighted by atomic mass is 9.71. The molecule has 0 spiro atoms. The van der Waals surface area contributed by atoms with Gasteiger partial charge in [0.2, 0.25) is 0 Å². The van der Waals surface area contributed by atoms with Crippen molar-refractivity contribution in [3.05, 3.63) is 59.3 Å². The number of hydrogen-bond acceptors (Lipinski definition) is 3. The minimum Gasteiger partial charge on any atom is -0.366 e. The second kappa shape index (κ2) is 5.91. The third kappa shape index (κ3) is 3.19. The van der Waals surface area contributed by atoms with Gasteiger partial charge in [-0.2, -0.15) is 0 Å². The number of aromatic nitrogens is 1. The van der Waals surface area contributed by atoms with Crippen LogP contribution in [0.1, 0.15) is 43.0 Å². The van der Waals surface area contributed by atoms with Gasteiger partial charge in [0.1, 0.15) is 12.1 Å². The minimum absolute atomic E-state index is 0.0191. The second-order valence-electron chi connectivity index (χ2n) is 6.86. The van der Waals surface area contributed by atoms with Crippen molar-refractivity contribution in [2.24, 2.45) is 5.41 Å². The van der Waals surface area contributed by atoms with Gasteiger partial charge < -0.3 is 10.1 Å². The van der Waals surface area contributed by atoms with Crippen LogP contribution in [0.3, 0.4) is 0 Å². The van der Waals surface area contributed by atoms with E-state index >= 15 is 0 Å². The average molecular weight is 294 g/mol. The van der Waals surface area contributed by atoms with Crippen LogP contribution in [0, 0.1) is 5.41 Å². The fraction of sp³-hybridized carbons (Fsp3) is 0.368. The second-order valence-corrected chi connectivity index (χ2v) is 6.86. The number of anilines is 1. The highest BCUT2D eigenvalue weighted by molar-refractivity contribution is 5.64. The van der Waals surface area contributed by atoms with Crippen LogP contribution < -0.4 is 5.32 Å². The summed E-state index contributed by atoms with van der Waals surface area (Å²) in [6.07, 6.45) is 2.90. The number of benzene rings is 1. The van der Waals surface area contributed by atoms with Crippen LogP contribution in [-0.2, 0) is 17.8 Å². The summed E-state index contributed by atoms with van der Waals surface area (Å²) in [5.41, 5.74) is 3.52. The van der Waals surface area contributed by atoms with Crippen molar-refractivity contribution < 1.29 is 4.79 Å². The number of rotatable bonds is 4. The molecule has 0 amide bonds. The molecule has 1 unspecified atom stereocenters. The molecule has 3 nitrogen and oxygen atoms in total. The molecule has 1 heterocycles. The SMILES string of the molecule is CC1(C)Cc2nc(NCc3ccccc3)ccc2C(C=O)C1. The Hall–Kier alpha value is -2.16. The van der Waals surface area contributed by atoms with E-state index in [0.29, 0.717) is 0 Å². The Kier molecular flexibility index (Phi) is 3.97. The van der Waals surface area contributed by atoms with Gasteiger partial charge in [-0.25, -0.2) is 4.98 Å². The lowest BCUT2D eigenvalue weighted by Gasteiger charge is -2.34. The zero-order chi connectivity index (χ0) is 15.6. The Morgan fingerprint density at radius 3 is 2.73 bits per heavy atom. The van der Waals surface area contributed by atoms with E-state index in [9.17, 15) is 4.79 Å². The number of nitrogens with one attached hydrogen (secondary N) is 1. The molecule has 1 aliphatic carbocycles. The summed E-state index contributed by atoms with van der Waals surface area (Å²) < 4.78 is 0. The molecule has 1 aromatic heterocycles. The maximum absolute atomic E-state index is 11.4. The maximum atomic E-state index is 11.4. The molecule has 1 aromatic carbocycles. The molecule has 3 heteroatoms. The summed E-state index contributed by atoms with van der Waals surface area (Å²) in [6, 6.07) is 14.3. The molecule has 0 fully saturated rings. The number of fused-ring (bicyclic) bond motifs is 1. The molecular formula is C19H22N2O. The van der Waals surface area contributed by atoms with Crippen molar-refractivity contribution in [1.82, 2.24) is 4.98 Å². The fourth-order valence-corrected chi connectivity index (χ4v) is 3.23. The van der Waals surface area contributed by atoms with E-state index in [2.05, 4.69) is 37.4 Å². The summed E-state index contributed by atoms with van der Waals surface area (Å²) in [4.78, 5) is 16.1. The first-order valence-corrected chi connectivity index (χ1v) is 7.80. The number of nitrogens with zero attached hydrogens (tertiary/aromatic N) is 1. The summed E-state index contributed by atoms with van der Waals surface area (Å²) >= 11 is 0. The lowest BCUT2D eigenvalue weighted by Crippen LogP contribution is -2.27. The van der Waals surface area contributed by atoms with Crippen molar-refractivity contribution in [1.29, 1.82) is 0 Å². The van der Waals surface area contributed by atoms with Crippen molar-refractivity contribution in [2.45, 2.75) is 39.2 Å². The van der Waals surface area contributed by atoms with Gasteiger partial charge in [-0.05, 0) is 35.4 Å². The zero-order valence-electron chi connectivity index (χ0n) is 13.2. The van der Waals surface area contributed by atoms with E-state index in [1.54, 1.807) is 0 Å². The van der Waals surface area contributed by atoms with Gasteiger partial charge in [-0.3, -0.25) is 0 Å². The Bertz CT molecular complexity index is 664. The van der Waals surface area contributed by atoms with Crippen LogP contribution >= 0.6 is 0 Å². The lowest BCUT2D eigenvalue weighted by molar-refractivity contribution is -0.109. The Labute approximate surface area is 131 Å². The zero-order valence-corrected chi connectivity index (χ0v) is 13.2. The highest BCUT2D eigenvalue weighted by Gasteiger charge is 2.32. The predicted octanol–water partition coefficient (Wildman–Crippen LogP) is 3.95. The van der Waals surface area contributed by atoms with E-state index < -0.39 is 0 Å². The highest BCUT2D eigenvalue weighted by Crippen LogP contribution is 2.40. The van der Waals surface area contributed by atoms with Crippen LogP contribution in [0.2, 0.25) is 0 Å². The van der Waals surface area contributed by atoms with Gasteiger partial charge in [0.05, 0.1) is 0 Å². The van der Waals surface area contributed by atoms with Gasteiger partial charge in [-0.1, -0.05) is 50.2 Å². The van der Waals surface area contributed by atoms with E-state index in [0.717, 1.165) is 42.7 Å². The number of carbonyl (C=O) groups is 1. The van der Waals surface area contributed by atoms with Crippen molar-refractivity contribution in [3.8, 4) is 0 Å². The molecule has 3 rings (SSSR count). The van der Waals surface area contributed by atoms with Crippen LogP contribution in [-0.4, -0.2) is 11.3 Å². The van der Waals surface area contributed by atoms with Gasteiger partial charge in [0.15, 0.2) is 0 Å². The van der Waals surface area contributed by atoms with Crippen molar-refractivity contribution in [3.63, 3.8) is 0 Å². The van der Waals surface area contributed by atoms with Crippen LogP contribution in [0.5, 0.6) is 0 Å². The van der Waals surface area contributed by atoms with E-state index in [4.69, 9.17) is 4.98 Å². The number of aldehydes is 1. The minimum atomic E-state index is -0.0191. The first-order valence-electron chi connectivity index (χ1n) is 7.80. The third-order valence-electron chi connectivity index (χ3n) is 4.31. The number of carbonyl (C=O) groups excluding carboxylic acids is 1. The standard InChI is InChI=1S/C19H22N2O/c1-19(2)10-15(13-22)16-8-9-18(21-17(16)11-19)20-12-14-6-4-3-5-7-14/h3-9,13,15H,10-12H2,1-2H3,(H,20,21). The molecular weight excluding hydrogens is 272 g/mol. The number of pyridine rings is 1. The molecule has 1 atom stereocenters. The Morgan fingerprint density at radius 2 is 2.00 bits per heavy atom. The summed E-state index contributed by atoms with van der Waals surface area (Å²) in [5, 5.41) is 3.37. The molecule has 0 aliphatic heterocycles. The monoisotopic (exact) mass is 294 g/mol. The third-order valence-corrected chi connectivity index (χ3v) is 4.31. The molecule has 1 aliphatic rings. The normalized spacial score (nSPS) is 19.3. The largest absolute Gasteiger partial charge is 0.366 e. The molecule has 0 bridgehead atoms. The van der Waals surface area contributed by atoms with Crippen LogP contribution in [0.25, 0.3) is 0 Å². The van der Waals surface area contributed by atoms with E-state index in [-0.39, 0.29) is 11.3 Å². The molecule has 0 saturated carbocycles. The highest BCUT2D eigenvalue weighted by atomic mass is 16.1. The molecule has 22 heavy (non-hydrogen) atoms. The summed E-state index contributed by atoms with van der Waals surface area (Å²) in [6.45, 7) is 5.17. The average Bonchev–Trinajstić information content (AvgIpc) is 2.52. The van der Waals surface area contributed by atoms with Gasteiger partial charge in [0, 0.05) is 18.2 Å². The van der Waals surface area contributed by atoms with Gasteiger partial charge >= 0.3 is 0 Å². The van der Waals surface area contributed by atoms with E-state index in [1.165, 1.54) is 5.56 Å². The molecule has 0 saturated heterocycles. The van der Waals surface area contributed by atoms with Crippen LogP contribution in [0.4, 0.5) is 5.82 Å². The first-order chi connectivity index (χ1) is 10.6. The maximum Gasteiger partial charge on any atom is 0.127 e. The van der Waals surface area contributed by atoms with Crippen LogP contribution in [0.15, 0.2) is 42.5 Å². The quantitative estimate of drug-likeness (QED) is 0.868. The summed E-state index contributed by atoms with van der Waals surface area (Å²) in [5.74, 6) is 0.861. The van der Waals surface area contributed by atoms with Gasteiger partial charge in [0.25, 0.3) is 0 Å². The molecule has 1 N–H and O–H groups in total. The topological polar surface area (TPSA) is 42.0 Å². The predicted molar refractivity (Wildman–Crippen MR) is 88.9 cm³/mol. The van der Waals surface area contributed by atoms with Crippen molar-refractivity contribution >= 4 is 12.1 Å². The Morgan fingerprint density at radius 1 is 1.23 bits per heavy atom. The Balaban J connectivity index is 1.80. The van der Waals surface area contributed by atoms with E-state index in [1.807, 2.05) is 24.3 Å². The summed E-state index contributed by atoms with van der Waals surface area (Å²) in [7, 11) is 0. The first kappa shape index (κ1) is 14.8. The molecule has 0 radical (unpaired) electrons. The molecule has 114 valence electrons. The number of hydrogen-bond donors (Lipinski definition) is 1. The smallest absolute Gasteiger partial charge is 0.127 e. The van der Waals surface area contributed by atoms with Crippen molar-refractivity contribution in [2.75, 3.05) is 5.32 Å². The van der Waals surface area contributed by atoms with Gasteiger partial charge in [-0.15, -0.1) is 0 Å². The molecule has 2 aromatic rings.